The summed E-state index contributed by atoms with van der Waals surface area (Å²) in [6, 6.07) is 1.80. The predicted molar refractivity (Wildman–Crippen MR) is 66.4 cm³/mol. The lowest BCUT2D eigenvalue weighted by atomic mass is 10.2. The molecule has 0 unspecified atom stereocenters. The molecular weight excluding hydrogens is 220 g/mol. The van der Waals surface area contributed by atoms with Gasteiger partial charge in [-0.1, -0.05) is 20.8 Å². The van der Waals surface area contributed by atoms with Crippen LogP contribution in [0.4, 0.5) is 0 Å². The van der Waals surface area contributed by atoms with Crippen molar-refractivity contribution in [3.63, 3.8) is 0 Å². The lowest BCUT2D eigenvalue weighted by Crippen LogP contribution is -2.42. The van der Waals surface area contributed by atoms with Crippen molar-refractivity contribution < 1.29 is 9.22 Å². The summed E-state index contributed by atoms with van der Waals surface area (Å²) in [7, 11) is -1.71. The molecule has 0 heterocycles. The van der Waals surface area contributed by atoms with Gasteiger partial charge in [0, 0.05) is 6.54 Å². The third kappa shape index (κ3) is 5.28. The summed E-state index contributed by atoms with van der Waals surface area (Å²) in [5.41, 5.74) is 0. The van der Waals surface area contributed by atoms with Crippen LogP contribution in [0.25, 0.3) is 0 Å². The first-order valence-corrected chi connectivity index (χ1v) is 8.39. The van der Waals surface area contributed by atoms with E-state index >= 15 is 0 Å². The predicted octanol–water partition coefficient (Wildman–Crippen LogP) is 2.04. The van der Waals surface area contributed by atoms with E-state index in [1.165, 1.54) is 0 Å². The van der Waals surface area contributed by atoms with E-state index in [9.17, 15) is 4.79 Å². The van der Waals surface area contributed by atoms with Crippen molar-refractivity contribution in [2.45, 2.75) is 45.3 Å². The van der Waals surface area contributed by atoms with Crippen LogP contribution < -0.4 is 5.32 Å². The fraction of sp³-hybridized carbons (Fsp3) is 0.818. The summed E-state index contributed by atoms with van der Waals surface area (Å²) in [4.78, 5) is 11.0. The van der Waals surface area contributed by atoms with Gasteiger partial charge < -0.3 is 9.74 Å². The van der Waals surface area contributed by atoms with E-state index in [1.807, 2.05) is 0 Å². The molecule has 0 aliphatic carbocycles. The van der Waals surface area contributed by atoms with Crippen molar-refractivity contribution in [1.29, 1.82) is 5.26 Å². The number of nitrogens with zero attached hydrogens (tertiary/aromatic N) is 1. The molecule has 0 aliphatic rings. The van der Waals surface area contributed by atoms with E-state index in [0.717, 1.165) is 0 Å². The van der Waals surface area contributed by atoms with E-state index in [4.69, 9.17) is 9.69 Å². The molecule has 0 saturated carbocycles. The SMILES string of the molecule is CC(C)(C)[Si](C)(C)OCCNC(=O)CC#N. The standard InChI is InChI=1S/C11H22N2O2Si/c1-11(2,3)16(4,5)15-9-8-13-10(14)6-7-12/h6,8-9H2,1-5H3,(H,13,14). The molecule has 0 aromatic heterocycles. The van der Waals surface area contributed by atoms with Crippen LogP contribution in [-0.2, 0) is 9.22 Å². The zero-order valence-electron chi connectivity index (χ0n) is 10.9. The Morgan fingerprint density at radius 2 is 2.00 bits per heavy atom. The van der Waals surface area contributed by atoms with Crippen LogP contribution in [0.5, 0.6) is 0 Å². The number of hydrogen-bond acceptors (Lipinski definition) is 3. The number of amides is 1. The zero-order valence-corrected chi connectivity index (χ0v) is 11.9. The van der Waals surface area contributed by atoms with Crippen molar-refractivity contribution in [3.05, 3.63) is 0 Å². The highest BCUT2D eigenvalue weighted by Gasteiger charge is 2.36. The topological polar surface area (TPSA) is 62.1 Å². The van der Waals surface area contributed by atoms with Gasteiger partial charge in [0.15, 0.2) is 8.32 Å². The molecule has 0 aromatic rings. The van der Waals surface area contributed by atoms with Gasteiger partial charge in [-0.3, -0.25) is 4.79 Å². The van der Waals surface area contributed by atoms with Gasteiger partial charge in [0.1, 0.15) is 6.42 Å². The largest absolute Gasteiger partial charge is 0.415 e. The number of hydrogen-bond donors (Lipinski definition) is 1. The second-order valence-electron chi connectivity index (χ2n) is 5.29. The Balaban J connectivity index is 3.84. The minimum atomic E-state index is -1.71. The second kappa shape index (κ2) is 6.02. The third-order valence-corrected chi connectivity index (χ3v) is 7.47. The summed E-state index contributed by atoms with van der Waals surface area (Å²) < 4.78 is 5.86. The van der Waals surface area contributed by atoms with Gasteiger partial charge in [0.25, 0.3) is 0 Å². The third-order valence-electron chi connectivity index (χ3n) is 2.93. The summed E-state index contributed by atoms with van der Waals surface area (Å²) >= 11 is 0. The van der Waals surface area contributed by atoms with Crippen LogP contribution in [0.2, 0.25) is 18.1 Å². The summed E-state index contributed by atoms with van der Waals surface area (Å²) in [6.45, 7) is 11.9. The molecule has 92 valence electrons. The smallest absolute Gasteiger partial charge is 0.234 e. The maximum Gasteiger partial charge on any atom is 0.234 e. The molecule has 16 heavy (non-hydrogen) atoms. The van der Waals surface area contributed by atoms with Crippen LogP contribution in [0.1, 0.15) is 27.2 Å². The maximum absolute atomic E-state index is 11.0. The maximum atomic E-state index is 11.0. The lowest BCUT2D eigenvalue weighted by Gasteiger charge is -2.36. The molecule has 0 saturated heterocycles. The van der Waals surface area contributed by atoms with E-state index in [2.05, 4.69) is 39.2 Å². The Kier molecular flexibility index (Phi) is 5.69. The van der Waals surface area contributed by atoms with Gasteiger partial charge in [-0.15, -0.1) is 0 Å². The Morgan fingerprint density at radius 3 is 2.44 bits per heavy atom. The first-order valence-electron chi connectivity index (χ1n) is 5.48. The molecule has 0 aromatic carbocycles. The van der Waals surface area contributed by atoms with Crippen LogP contribution in [0.15, 0.2) is 0 Å². The number of rotatable bonds is 5. The van der Waals surface area contributed by atoms with Crippen molar-refractivity contribution in [2.75, 3.05) is 13.2 Å². The molecule has 0 aliphatic heterocycles. The molecule has 0 bridgehead atoms. The highest BCUT2D eigenvalue weighted by molar-refractivity contribution is 6.74. The van der Waals surface area contributed by atoms with Crippen LogP contribution in [0.3, 0.4) is 0 Å². The number of carbonyl (C=O) groups excluding carboxylic acids is 1. The van der Waals surface area contributed by atoms with Gasteiger partial charge in [0.2, 0.25) is 5.91 Å². The van der Waals surface area contributed by atoms with Crippen molar-refractivity contribution in [3.8, 4) is 6.07 Å². The summed E-state index contributed by atoms with van der Waals surface area (Å²) in [5.74, 6) is -0.235. The molecule has 1 N–H and O–H groups in total. The van der Waals surface area contributed by atoms with Crippen LogP contribution in [-0.4, -0.2) is 27.4 Å². The zero-order chi connectivity index (χ0) is 12.8. The number of carbonyl (C=O) groups is 1. The molecule has 0 atom stereocenters. The van der Waals surface area contributed by atoms with Crippen molar-refractivity contribution in [1.82, 2.24) is 5.32 Å². The van der Waals surface area contributed by atoms with Gasteiger partial charge >= 0.3 is 0 Å². The fourth-order valence-corrected chi connectivity index (χ4v) is 1.89. The molecule has 5 heteroatoms. The molecule has 0 fully saturated rings. The van der Waals surface area contributed by atoms with E-state index in [-0.39, 0.29) is 17.4 Å². The van der Waals surface area contributed by atoms with Gasteiger partial charge in [-0.05, 0) is 18.1 Å². The van der Waals surface area contributed by atoms with Gasteiger partial charge in [-0.25, -0.2) is 0 Å². The quantitative estimate of drug-likeness (QED) is 0.593. The minimum Gasteiger partial charge on any atom is -0.415 e. The fourth-order valence-electron chi connectivity index (χ4n) is 0.847. The van der Waals surface area contributed by atoms with Gasteiger partial charge in [-0.2, -0.15) is 5.26 Å². The average Bonchev–Trinajstić information content (AvgIpc) is 2.11. The second-order valence-corrected chi connectivity index (χ2v) is 10.1. The lowest BCUT2D eigenvalue weighted by molar-refractivity contribution is -0.120. The van der Waals surface area contributed by atoms with E-state index in [0.29, 0.717) is 13.2 Å². The normalized spacial score (nSPS) is 12.0. The minimum absolute atomic E-state index is 0.0832. The van der Waals surface area contributed by atoms with Crippen LogP contribution >= 0.6 is 0 Å². The Labute approximate surface area is 99.1 Å². The Morgan fingerprint density at radius 1 is 1.44 bits per heavy atom. The molecule has 4 nitrogen and oxygen atoms in total. The monoisotopic (exact) mass is 242 g/mol. The highest BCUT2D eigenvalue weighted by Crippen LogP contribution is 2.36. The van der Waals surface area contributed by atoms with Crippen molar-refractivity contribution in [2.24, 2.45) is 0 Å². The molecule has 0 spiro atoms. The number of nitriles is 1. The highest BCUT2D eigenvalue weighted by atomic mass is 28.4. The summed E-state index contributed by atoms with van der Waals surface area (Å²) in [6.07, 6.45) is -0.0832. The Hall–Kier alpha value is -0.863. The molecule has 1 amide bonds. The summed E-state index contributed by atoms with van der Waals surface area (Å²) in [5, 5.41) is 11.1. The van der Waals surface area contributed by atoms with Crippen LogP contribution in [0, 0.1) is 11.3 Å². The molecule has 0 rings (SSSR count). The first kappa shape index (κ1) is 15.1. The average molecular weight is 242 g/mol. The Bertz CT molecular complexity index is 277. The van der Waals surface area contributed by atoms with Crippen molar-refractivity contribution >= 4 is 14.2 Å². The van der Waals surface area contributed by atoms with E-state index in [1.54, 1.807) is 6.07 Å². The molecular formula is C11H22N2O2Si. The number of nitrogens with one attached hydrogen (secondary N) is 1. The van der Waals surface area contributed by atoms with Gasteiger partial charge in [0.05, 0.1) is 12.7 Å². The molecule has 0 radical (unpaired) electrons. The van der Waals surface area contributed by atoms with E-state index < -0.39 is 8.32 Å². The first-order chi connectivity index (χ1) is 7.20.